The molecule has 0 heterocycles. The van der Waals surface area contributed by atoms with Crippen LogP contribution in [0.5, 0.6) is 11.5 Å². The Balaban J connectivity index is 2.50. The van der Waals surface area contributed by atoms with E-state index in [-0.39, 0.29) is 0 Å². The molecule has 0 amide bonds. The predicted octanol–water partition coefficient (Wildman–Crippen LogP) is 4.53. The van der Waals surface area contributed by atoms with Gasteiger partial charge in [0.15, 0.2) is 11.5 Å². The first-order valence-corrected chi connectivity index (χ1v) is 7.07. The fourth-order valence-electron chi connectivity index (χ4n) is 1.99. The number of hydrogen-bond acceptors (Lipinski definition) is 3. The Morgan fingerprint density at radius 1 is 1.10 bits per heavy atom. The summed E-state index contributed by atoms with van der Waals surface area (Å²) in [5, 5.41) is 9.40. The first kappa shape index (κ1) is 15.1. The molecular weight excluding hydrogens is 330 g/mol. The molecule has 0 saturated carbocycles. The lowest BCUT2D eigenvalue weighted by molar-refractivity contribution is 0.354. The van der Waals surface area contributed by atoms with Crippen LogP contribution in [-0.2, 0) is 0 Å². The van der Waals surface area contributed by atoms with Crippen molar-refractivity contribution in [2.24, 2.45) is 0 Å². The second kappa shape index (κ2) is 6.96. The van der Waals surface area contributed by atoms with Gasteiger partial charge in [0, 0.05) is 10.0 Å². The van der Waals surface area contributed by atoms with E-state index in [9.17, 15) is 5.26 Å². The third kappa shape index (κ3) is 3.45. The molecule has 0 aromatic heterocycles. The highest BCUT2D eigenvalue weighted by atomic mass is 79.9. The Labute approximate surface area is 132 Å². The van der Waals surface area contributed by atoms with Crippen LogP contribution in [-0.4, -0.2) is 14.2 Å². The average Bonchev–Trinajstić information content (AvgIpc) is 2.53. The number of rotatable bonds is 4. The Morgan fingerprint density at radius 3 is 2.38 bits per heavy atom. The molecule has 0 unspecified atom stereocenters. The summed E-state index contributed by atoms with van der Waals surface area (Å²) >= 11 is 3.39. The molecule has 4 heteroatoms. The van der Waals surface area contributed by atoms with E-state index in [1.165, 1.54) is 0 Å². The highest BCUT2D eigenvalue weighted by Gasteiger charge is 2.09. The van der Waals surface area contributed by atoms with Crippen molar-refractivity contribution in [3.8, 4) is 17.6 Å². The van der Waals surface area contributed by atoms with Gasteiger partial charge in [-0.05, 0) is 29.8 Å². The van der Waals surface area contributed by atoms with Crippen molar-refractivity contribution in [1.29, 1.82) is 5.26 Å². The van der Waals surface area contributed by atoms with Crippen LogP contribution in [0, 0.1) is 11.3 Å². The summed E-state index contributed by atoms with van der Waals surface area (Å²) in [7, 11) is 3.17. The van der Waals surface area contributed by atoms with Crippen LogP contribution in [0.3, 0.4) is 0 Å². The smallest absolute Gasteiger partial charge is 0.167 e. The first-order chi connectivity index (χ1) is 10.2. The lowest BCUT2D eigenvalue weighted by atomic mass is 10.0. The summed E-state index contributed by atoms with van der Waals surface area (Å²) in [6, 6.07) is 15.4. The van der Waals surface area contributed by atoms with E-state index in [1.807, 2.05) is 42.5 Å². The van der Waals surface area contributed by atoms with E-state index in [4.69, 9.17) is 9.47 Å². The van der Waals surface area contributed by atoms with Gasteiger partial charge in [-0.15, -0.1) is 0 Å². The normalized spacial score (nSPS) is 10.9. The van der Waals surface area contributed by atoms with Crippen LogP contribution in [0.2, 0.25) is 0 Å². The van der Waals surface area contributed by atoms with E-state index in [0.717, 1.165) is 15.6 Å². The van der Waals surface area contributed by atoms with Gasteiger partial charge in [-0.2, -0.15) is 5.26 Å². The largest absolute Gasteiger partial charge is 0.493 e. The molecule has 2 rings (SSSR count). The third-order valence-corrected chi connectivity index (χ3v) is 3.54. The number of ether oxygens (including phenoxy) is 2. The molecular formula is C17H14BrNO2. The second-order valence-corrected chi connectivity index (χ2v) is 5.18. The lowest BCUT2D eigenvalue weighted by Gasteiger charge is -2.10. The minimum atomic E-state index is 0.564. The molecule has 2 aromatic carbocycles. The first-order valence-electron chi connectivity index (χ1n) is 6.28. The van der Waals surface area contributed by atoms with Crippen molar-refractivity contribution < 1.29 is 9.47 Å². The van der Waals surface area contributed by atoms with E-state index >= 15 is 0 Å². The number of allylic oxidation sites excluding steroid dienone is 1. The monoisotopic (exact) mass is 343 g/mol. The van der Waals surface area contributed by atoms with Gasteiger partial charge in [0.1, 0.15) is 0 Å². The maximum atomic E-state index is 9.40. The topological polar surface area (TPSA) is 42.2 Å². The number of nitrogens with zero attached hydrogens (tertiary/aromatic N) is 1. The number of halogens is 1. The standard InChI is InChI=1S/C17H14BrNO2/c1-20-16-5-3-4-13(17(16)21-2)10-14(11-19)12-6-8-15(18)9-7-12/h3-10H,1-2H3/b14-10+. The molecule has 0 atom stereocenters. The number of nitriles is 1. The van der Waals surface area contributed by atoms with Gasteiger partial charge in [0.2, 0.25) is 0 Å². The molecule has 0 fully saturated rings. The predicted molar refractivity (Wildman–Crippen MR) is 87.2 cm³/mol. The molecule has 0 aliphatic heterocycles. The number of benzene rings is 2. The molecule has 3 nitrogen and oxygen atoms in total. The summed E-state index contributed by atoms with van der Waals surface area (Å²) < 4.78 is 11.6. The Morgan fingerprint density at radius 2 is 1.81 bits per heavy atom. The molecule has 2 aromatic rings. The minimum absolute atomic E-state index is 0.564. The average molecular weight is 344 g/mol. The molecule has 0 N–H and O–H groups in total. The summed E-state index contributed by atoms with van der Waals surface area (Å²) in [6.07, 6.45) is 1.80. The van der Waals surface area contributed by atoms with Gasteiger partial charge in [-0.3, -0.25) is 0 Å². The zero-order valence-electron chi connectivity index (χ0n) is 11.8. The summed E-state index contributed by atoms with van der Waals surface area (Å²) in [5.74, 6) is 1.25. The molecule has 0 bridgehead atoms. The fraction of sp³-hybridized carbons (Fsp3) is 0.118. The van der Waals surface area contributed by atoms with Crippen molar-refractivity contribution in [3.63, 3.8) is 0 Å². The minimum Gasteiger partial charge on any atom is -0.493 e. The van der Waals surface area contributed by atoms with Crippen LogP contribution < -0.4 is 9.47 Å². The zero-order chi connectivity index (χ0) is 15.2. The molecule has 0 spiro atoms. The third-order valence-electron chi connectivity index (χ3n) is 3.01. The number of methoxy groups -OCH3 is 2. The Hall–Kier alpha value is -2.25. The van der Waals surface area contributed by atoms with E-state index in [1.54, 1.807) is 20.3 Å². The summed E-state index contributed by atoms with van der Waals surface area (Å²) in [4.78, 5) is 0. The number of para-hydroxylation sites is 1. The quantitative estimate of drug-likeness (QED) is 0.604. The lowest BCUT2D eigenvalue weighted by Crippen LogP contribution is -1.93. The van der Waals surface area contributed by atoms with Crippen molar-refractivity contribution >= 4 is 27.6 Å². The zero-order valence-corrected chi connectivity index (χ0v) is 13.3. The highest BCUT2D eigenvalue weighted by Crippen LogP contribution is 2.33. The van der Waals surface area contributed by atoms with Crippen molar-refractivity contribution in [1.82, 2.24) is 0 Å². The molecule has 0 saturated heterocycles. The SMILES string of the molecule is COc1cccc(/C=C(\C#N)c2ccc(Br)cc2)c1OC. The molecule has 106 valence electrons. The van der Waals surface area contributed by atoms with Gasteiger partial charge in [0.25, 0.3) is 0 Å². The molecule has 0 radical (unpaired) electrons. The van der Waals surface area contributed by atoms with Crippen molar-refractivity contribution in [2.75, 3.05) is 14.2 Å². The van der Waals surface area contributed by atoms with Gasteiger partial charge in [0.05, 0.1) is 25.9 Å². The maximum absolute atomic E-state index is 9.40. The van der Waals surface area contributed by atoms with Gasteiger partial charge >= 0.3 is 0 Å². The van der Waals surface area contributed by atoms with Crippen molar-refractivity contribution in [2.45, 2.75) is 0 Å². The van der Waals surface area contributed by atoms with Gasteiger partial charge in [-0.1, -0.05) is 40.2 Å². The molecule has 0 aliphatic rings. The van der Waals surface area contributed by atoms with Gasteiger partial charge in [-0.25, -0.2) is 0 Å². The molecule has 0 aliphatic carbocycles. The summed E-state index contributed by atoms with van der Waals surface area (Å²) in [6.45, 7) is 0. The van der Waals surface area contributed by atoms with Crippen LogP contribution in [0.15, 0.2) is 46.9 Å². The van der Waals surface area contributed by atoms with Crippen LogP contribution in [0.25, 0.3) is 11.6 Å². The van der Waals surface area contributed by atoms with E-state index in [2.05, 4.69) is 22.0 Å². The Bertz CT molecular complexity index is 700. The fourth-order valence-corrected chi connectivity index (χ4v) is 2.26. The van der Waals surface area contributed by atoms with E-state index < -0.39 is 0 Å². The Kier molecular flexibility index (Phi) is 5.02. The van der Waals surface area contributed by atoms with Gasteiger partial charge < -0.3 is 9.47 Å². The van der Waals surface area contributed by atoms with Crippen LogP contribution in [0.1, 0.15) is 11.1 Å². The summed E-state index contributed by atoms with van der Waals surface area (Å²) in [5.41, 5.74) is 2.22. The maximum Gasteiger partial charge on any atom is 0.167 e. The highest BCUT2D eigenvalue weighted by molar-refractivity contribution is 9.10. The van der Waals surface area contributed by atoms with E-state index in [0.29, 0.717) is 17.1 Å². The van der Waals surface area contributed by atoms with Crippen molar-refractivity contribution in [3.05, 3.63) is 58.1 Å². The molecule has 21 heavy (non-hydrogen) atoms. The van der Waals surface area contributed by atoms with Crippen LogP contribution >= 0.6 is 15.9 Å². The van der Waals surface area contributed by atoms with Crippen LogP contribution in [0.4, 0.5) is 0 Å². The number of hydrogen-bond donors (Lipinski definition) is 0. The second-order valence-electron chi connectivity index (χ2n) is 4.26.